The van der Waals surface area contributed by atoms with E-state index in [1.807, 2.05) is 13.8 Å². The number of nitrogens with zero attached hydrogens (tertiary/aromatic N) is 2. The van der Waals surface area contributed by atoms with Crippen LogP contribution in [0.25, 0.3) is 0 Å². The van der Waals surface area contributed by atoms with Crippen molar-refractivity contribution in [3.05, 3.63) is 21.6 Å². The van der Waals surface area contributed by atoms with Gasteiger partial charge in [-0.15, -0.1) is 0 Å². The van der Waals surface area contributed by atoms with Crippen LogP contribution in [0.1, 0.15) is 19.9 Å². The molecule has 1 saturated heterocycles. The number of fused-ring (bicyclic) bond motifs is 1. The van der Waals surface area contributed by atoms with Gasteiger partial charge in [-0.1, -0.05) is 11.6 Å². The highest BCUT2D eigenvalue weighted by molar-refractivity contribution is 6.32. The van der Waals surface area contributed by atoms with E-state index in [0.717, 1.165) is 13.1 Å². The molecule has 2 heterocycles. The lowest BCUT2D eigenvalue weighted by Crippen LogP contribution is -2.27. The van der Waals surface area contributed by atoms with E-state index in [0.29, 0.717) is 23.6 Å². The molecule has 5 nitrogen and oxygen atoms in total. The molecule has 2 fully saturated rings. The molecule has 2 unspecified atom stereocenters. The van der Waals surface area contributed by atoms with Crippen LogP contribution in [0.15, 0.2) is 11.0 Å². The lowest BCUT2D eigenvalue weighted by atomic mass is 10.3. The number of hydrogen-bond acceptors (Lipinski definition) is 4. The molecule has 0 amide bonds. The van der Waals surface area contributed by atoms with E-state index in [1.54, 1.807) is 6.20 Å². The van der Waals surface area contributed by atoms with Crippen LogP contribution in [0.4, 0.5) is 5.69 Å². The predicted molar refractivity (Wildman–Crippen MR) is 71.2 cm³/mol. The van der Waals surface area contributed by atoms with Crippen LogP contribution in [0.2, 0.25) is 5.02 Å². The molecule has 2 N–H and O–H groups in total. The minimum Gasteiger partial charge on any atom is -0.379 e. The van der Waals surface area contributed by atoms with E-state index >= 15 is 0 Å². The number of hydrogen-bond donors (Lipinski definition) is 2. The molecule has 3 rings (SSSR count). The SMILES string of the molecule is CC(C)n1ncc(NC2C3CNCC32)c(Cl)c1=O. The van der Waals surface area contributed by atoms with Gasteiger partial charge in [-0.3, -0.25) is 4.79 Å². The highest BCUT2D eigenvalue weighted by Crippen LogP contribution is 2.44. The Balaban J connectivity index is 1.81. The van der Waals surface area contributed by atoms with Gasteiger partial charge in [0.25, 0.3) is 5.56 Å². The first kappa shape index (κ1) is 12.0. The molecule has 18 heavy (non-hydrogen) atoms. The zero-order valence-corrected chi connectivity index (χ0v) is 11.2. The molecule has 1 aromatic rings. The Kier molecular flexibility index (Phi) is 2.83. The maximum absolute atomic E-state index is 12.0. The van der Waals surface area contributed by atoms with Crippen molar-refractivity contribution in [2.24, 2.45) is 11.8 Å². The molecule has 2 aliphatic rings. The lowest BCUT2D eigenvalue weighted by Gasteiger charge is -2.13. The zero-order chi connectivity index (χ0) is 12.9. The Bertz CT molecular complexity index is 517. The Morgan fingerprint density at radius 3 is 2.78 bits per heavy atom. The second-order valence-corrected chi connectivity index (χ2v) is 5.75. The molecule has 98 valence electrons. The van der Waals surface area contributed by atoms with Gasteiger partial charge in [-0.25, -0.2) is 4.68 Å². The van der Waals surface area contributed by atoms with E-state index in [-0.39, 0.29) is 16.6 Å². The van der Waals surface area contributed by atoms with E-state index < -0.39 is 0 Å². The van der Waals surface area contributed by atoms with Crippen molar-refractivity contribution in [3.8, 4) is 0 Å². The summed E-state index contributed by atoms with van der Waals surface area (Å²) in [4.78, 5) is 12.0. The predicted octanol–water partition coefficient (Wildman–Crippen LogP) is 1.11. The van der Waals surface area contributed by atoms with Gasteiger partial charge in [0, 0.05) is 19.1 Å². The molecule has 0 aromatic carbocycles. The Labute approximate surface area is 111 Å². The number of piperidine rings is 1. The summed E-state index contributed by atoms with van der Waals surface area (Å²) >= 11 is 6.12. The zero-order valence-electron chi connectivity index (χ0n) is 10.5. The Morgan fingerprint density at radius 2 is 2.17 bits per heavy atom. The average Bonchev–Trinajstić information content (AvgIpc) is 2.76. The number of rotatable bonds is 3. The minimum atomic E-state index is -0.222. The van der Waals surface area contributed by atoms with Gasteiger partial charge < -0.3 is 10.6 Å². The van der Waals surface area contributed by atoms with Gasteiger partial charge in [0.05, 0.1) is 17.9 Å². The van der Waals surface area contributed by atoms with Crippen molar-refractivity contribution in [1.82, 2.24) is 15.1 Å². The first-order chi connectivity index (χ1) is 8.59. The van der Waals surface area contributed by atoms with Crippen molar-refractivity contribution in [2.45, 2.75) is 25.9 Å². The van der Waals surface area contributed by atoms with Crippen LogP contribution in [0.5, 0.6) is 0 Å². The topological polar surface area (TPSA) is 59.0 Å². The molecule has 1 aromatic heterocycles. The van der Waals surface area contributed by atoms with Crippen molar-refractivity contribution in [3.63, 3.8) is 0 Å². The Morgan fingerprint density at radius 1 is 1.50 bits per heavy atom. The second kappa shape index (κ2) is 4.24. The lowest BCUT2D eigenvalue weighted by molar-refractivity contribution is 0.503. The van der Waals surface area contributed by atoms with Crippen molar-refractivity contribution < 1.29 is 0 Å². The Hall–Kier alpha value is -1.07. The number of halogens is 1. The monoisotopic (exact) mass is 268 g/mol. The third-order valence-electron chi connectivity index (χ3n) is 3.85. The van der Waals surface area contributed by atoms with Crippen LogP contribution in [-0.2, 0) is 0 Å². The van der Waals surface area contributed by atoms with E-state index in [4.69, 9.17) is 11.6 Å². The van der Waals surface area contributed by atoms with Gasteiger partial charge in [0.1, 0.15) is 5.02 Å². The summed E-state index contributed by atoms with van der Waals surface area (Å²) in [7, 11) is 0. The number of nitrogens with one attached hydrogen (secondary N) is 2. The summed E-state index contributed by atoms with van der Waals surface area (Å²) in [5, 5.41) is 11.1. The van der Waals surface area contributed by atoms with Crippen molar-refractivity contribution in [2.75, 3.05) is 18.4 Å². The van der Waals surface area contributed by atoms with Gasteiger partial charge in [-0.05, 0) is 25.7 Å². The van der Waals surface area contributed by atoms with Gasteiger partial charge in [-0.2, -0.15) is 5.10 Å². The summed E-state index contributed by atoms with van der Waals surface area (Å²) in [6.07, 6.45) is 1.66. The fraction of sp³-hybridized carbons (Fsp3) is 0.667. The molecule has 0 spiro atoms. The van der Waals surface area contributed by atoms with Crippen molar-refractivity contribution in [1.29, 1.82) is 0 Å². The molecule has 1 aliphatic heterocycles. The minimum absolute atomic E-state index is 0.0218. The molecule has 0 radical (unpaired) electrons. The highest BCUT2D eigenvalue weighted by atomic mass is 35.5. The summed E-state index contributed by atoms with van der Waals surface area (Å²) in [6.45, 7) is 5.93. The molecule has 6 heteroatoms. The molecule has 1 saturated carbocycles. The maximum Gasteiger partial charge on any atom is 0.287 e. The first-order valence-corrected chi connectivity index (χ1v) is 6.72. The molecular weight excluding hydrogens is 252 g/mol. The molecular formula is C12H17ClN4O. The maximum atomic E-state index is 12.0. The average molecular weight is 269 g/mol. The van der Waals surface area contributed by atoms with E-state index in [1.165, 1.54) is 4.68 Å². The fourth-order valence-corrected chi connectivity index (χ4v) is 2.92. The standard InChI is InChI=1S/C12H17ClN4O/c1-6(2)17-12(18)10(13)9(5-15-17)16-11-7-3-14-4-8(7)11/h5-8,11,14,16H,3-4H2,1-2H3. The molecule has 1 aliphatic carbocycles. The van der Waals surface area contributed by atoms with Crippen LogP contribution >= 0.6 is 11.6 Å². The third kappa shape index (κ3) is 1.82. The molecule has 0 bridgehead atoms. The van der Waals surface area contributed by atoms with Crippen LogP contribution < -0.4 is 16.2 Å². The summed E-state index contributed by atoms with van der Waals surface area (Å²) in [5.74, 6) is 1.35. The van der Waals surface area contributed by atoms with Gasteiger partial charge >= 0.3 is 0 Å². The summed E-state index contributed by atoms with van der Waals surface area (Å²) < 4.78 is 1.41. The number of aromatic nitrogens is 2. The van der Waals surface area contributed by atoms with E-state index in [2.05, 4.69) is 15.7 Å². The third-order valence-corrected chi connectivity index (χ3v) is 4.21. The molecule has 2 atom stereocenters. The normalized spacial score (nSPS) is 29.4. The second-order valence-electron chi connectivity index (χ2n) is 5.37. The van der Waals surface area contributed by atoms with Gasteiger partial charge in [0.15, 0.2) is 0 Å². The van der Waals surface area contributed by atoms with Crippen LogP contribution in [-0.4, -0.2) is 28.9 Å². The number of anilines is 1. The fourth-order valence-electron chi connectivity index (χ4n) is 2.73. The van der Waals surface area contributed by atoms with Gasteiger partial charge in [0.2, 0.25) is 0 Å². The smallest absolute Gasteiger partial charge is 0.287 e. The first-order valence-electron chi connectivity index (χ1n) is 6.34. The van der Waals surface area contributed by atoms with E-state index in [9.17, 15) is 4.79 Å². The summed E-state index contributed by atoms with van der Waals surface area (Å²) in [5.41, 5.74) is 0.443. The quantitative estimate of drug-likeness (QED) is 0.862. The van der Waals surface area contributed by atoms with Crippen LogP contribution in [0, 0.1) is 11.8 Å². The largest absolute Gasteiger partial charge is 0.379 e. The van der Waals surface area contributed by atoms with Crippen molar-refractivity contribution >= 4 is 17.3 Å². The van der Waals surface area contributed by atoms with Crippen LogP contribution in [0.3, 0.4) is 0 Å². The highest BCUT2D eigenvalue weighted by Gasteiger charge is 2.53. The summed E-state index contributed by atoms with van der Waals surface area (Å²) in [6, 6.07) is 0.466.